The molecule has 3 nitrogen and oxygen atoms in total. The molecule has 0 heterocycles. The molecule has 0 aliphatic heterocycles. The minimum absolute atomic E-state index is 0.0505. The van der Waals surface area contributed by atoms with Crippen molar-refractivity contribution < 1.29 is 27.5 Å². The number of halogens is 4. The summed E-state index contributed by atoms with van der Waals surface area (Å²) in [4.78, 5) is 21.9. The normalized spacial score (nSPS) is 12.9. The number of benzene rings is 1. The Morgan fingerprint density at radius 1 is 1.30 bits per heavy atom. The molecule has 7 heteroatoms. The van der Waals surface area contributed by atoms with Crippen LogP contribution in [-0.2, 0) is 15.7 Å². The lowest BCUT2D eigenvalue weighted by molar-refractivity contribution is -0.137. The lowest BCUT2D eigenvalue weighted by Gasteiger charge is -2.13. The summed E-state index contributed by atoms with van der Waals surface area (Å²) >= 11 is 3.00. The van der Waals surface area contributed by atoms with Gasteiger partial charge in [-0.2, -0.15) is 13.2 Å². The van der Waals surface area contributed by atoms with Crippen LogP contribution >= 0.6 is 15.9 Å². The monoisotopic (exact) mass is 352 g/mol. The quantitative estimate of drug-likeness (QED) is 0.609. The fourth-order valence-electron chi connectivity index (χ4n) is 1.53. The Morgan fingerprint density at radius 3 is 2.35 bits per heavy atom. The van der Waals surface area contributed by atoms with E-state index >= 15 is 0 Å². The third-order valence-corrected chi connectivity index (χ3v) is 3.62. The number of ether oxygens (including phenoxy) is 1. The minimum Gasteiger partial charge on any atom is -0.462 e. The first kappa shape index (κ1) is 16.7. The predicted molar refractivity (Wildman–Crippen MR) is 69.7 cm³/mol. The van der Waals surface area contributed by atoms with E-state index in [9.17, 15) is 22.8 Å². The second kappa shape index (κ2) is 6.39. The molecule has 0 spiro atoms. The molecule has 0 amide bonds. The number of ketones is 1. The summed E-state index contributed by atoms with van der Waals surface area (Å²) in [5.41, 5.74) is -1.17. The van der Waals surface area contributed by atoms with E-state index in [1.807, 2.05) is 0 Å². The minimum atomic E-state index is -4.61. The van der Waals surface area contributed by atoms with E-state index in [2.05, 4.69) is 20.7 Å². The van der Waals surface area contributed by atoms with Crippen LogP contribution < -0.4 is 0 Å². The Bertz CT molecular complexity index is 526. The molecule has 1 unspecified atom stereocenters. The number of Topliss-reactive ketones (excluding diaryl/α,β-unsaturated/α-hetero) is 1. The summed E-state index contributed by atoms with van der Waals surface area (Å²) in [5.74, 6) is -1.22. The molecule has 0 aliphatic rings. The highest BCUT2D eigenvalue weighted by Gasteiger charge is 2.33. The zero-order valence-corrected chi connectivity index (χ0v) is 12.3. The van der Waals surface area contributed by atoms with Crippen LogP contribution in [0.1, 0.15) is 40.2 Å². The molecule has 1 atom stereocenters. The third-order valence-electron chi connectivity index (χ3n) is 2.44. The van der Waals surface area contributed by atoms with E-state index in [0.29, 0.717) is 6.07 Å². The summed E-state index contributed by atoms with van der Waals surface area (Å²) in [7, 11) is 0. The summed E-state index contributed by atoms with van der Waals surface area (Å²) in [6.45, 7) is 2.84. The van der Waals surface area contributed by atoms with Crippen molar-refractivity contribution in [3.05, 3.63) is 34.9 Å². The molecule has 1 aromatic rings. The number of rotatable bonds is 4. The number of carbonyl (C=O) groups is 2. The van der Waals surface area contributed by atoms with Gasteiger partial charge < -0.3 is 4.74 Å². The van der Waals surface area contributed by atoms with Crippen LogP contribution in [0.2, 0.25) is 0 Å². The van der Waals surface area contributed by atoms with Crippen molar-refractivity contribution in [3.8, 4) is 0 Å². The van der Waals surface area contributed by atoms with Gasteiger partial charge in [-0.3, -0.25) is 4.79 Å². The number of esters is 1. The highest BCUT2D eigenvalue weighted by Crippen LogP contribution is 2.34. The number of alkyl halides is 4. The van der Waals surface area contributed by atoms with Crippen molar-refractivity contribution in [3.63, 3.8) is 0 Å². The Kier molecular flexibility index (Phi) is 5.33. The van der Waals surface area contributed by atoms with E-state index in [-0.39, 0.29) is 23.5 Å². The van der Waals surface area contributed by atoms with Crippen molar-refractivity contribution in [1.82, 2.24) is 0 Å². The van der Waals surface area contributed by atoms with Crippen molar-refractivity contribution in [2.75, 3.05) is 6.61 Å². The van der Waals surface area contributed by atoms with Gasteiger partial charge in [-0.25, -0.2) is 4.79 Å². The molecule has 0 radical (unpaired) electrons. The summed E-state index contributed by atoms with van der Waals surface area (Å²) in [6.07, 6.45) is -4.61. The lowest BCUT2D eigenvalue weighted by atomic mass is 10.0. The van der Waals surface area contributed by atoms with Crippen LogP contribution in [-0.4, -0.2) is 18.4 Å². The van der Waals surface area contributed by atoms with Crippen LogP contribution in [0.4, 0.5) is 13.2 Å². The Balaban J connectivity index is 3.35. The third kappa shape index (κ3) is 4.06. The molecule has 0 saturated heterocycles. The van der Waals surface area contributed by atoms with E-state index in [0.717, 1.165) is 6.07 Å². The molecule has 110 valence electrons. The maximum absolute atomic E-state index is 12.8. The maximum atomic E-state index is 12.8. The second-order valence-corrected chi connectivity index (χ2v) is 4.95. The van der Waals surface area contributed by atoms with Crippen LogP contribution in [0.3, 0.4) is 0 Å². The molecular formula is C13H12BrF3O3. The van der Waals surface area contributed by atoms with Gasteiger partial charge in [-0.15, -0.1) is 0 Å². The summed E-state index contributed by atoms with van der Waals surface area (Å²) in [6, 6.07) is 2.76. The zero-order valence-electron chi connectivity index (χ0n) is 10.8. The number of hydrogen-bond acceptors (Lipinski definition) is 3. The largest absolute Gasteiger partial charge is 0.462 e. The topological polar surface area (TPSA) is 43.4 Å². The zero-order chi connectivity index (χ0) is 15.5. The second-order valence-electron chi connectivity index (χ2n) is 4.04. The fraction of sp³-hybridized carbons (Fsp3) is 0.385. The van der Waals surface area contributed by atoms with E-state index in [4.69, 9.17) is 0 Å². The van der Waals surface area contributed by atoms with Gasteiger partial charge in [0.25, 0.3) is 0 Å². The highest BCUT2D eigenvalue weighted by molar-refractivity contribution is 9.09. The molecule has 0 saturated carbocycles. The summed E-state index contributed by atoms with van der Waals surface area (Å²) in [5, 5.41) is 0. The van der Waals surface area contributed by atoms with Gasteiger partial charge in [0.05, 0.1) is 22.6 Å². The van der Waals surface area contributed by atoms with Gasteiger partial charge in [0.15, 0.2) is 0 Å². The number of carbonyl (C=O) groups excluding carboxylic acids is 2. The van der Waals surface area contributed by atoms with Crippen molar-refractivity contribution in [2.45, 2.75) is 24.9 Å². The SMILES string of the molecule is CCOC(=O)c1cc(C(Br)C(C)=O)cc(C(F)(F)F)c1. The van der Waals surface area contributed by atoms with Gasteiger partial charge in [-0.05, 0) is 37.6 Å². The van der Waals surface area contributed by atoms with Crippen molar-refractivity contribution in [1.29, 1.82) is 0 Å². The van der Waals surface area contributed by atoms with Gasteiger partial charge in [0.2, 0.25) is 0 Å². The van der Waals surface area contributed by atoms with Crippen LogP contribution in [0.15, 0.2) is 18.2 Å². The predicted octanol–water partition coefficient (Wildman–Crippen LogP) is 3.91. The van der Waals surface area contributed by atoms with Crippen molar-refractivity contribution in [2.24, 2.45) is 0 Å². The Labute approximate surface area is 122 Å². The van der Waals surface area contributed by atoms with Gasteiger partial charge in [0.1, 0.15) is 5.78 Å². The van der Waals surface area contributed by atoms with Crippen LogP contribution in [0.5, 0.6) is 0 Å². The van der Waals surface area contributed by atoms with Gasteiger partial charge >= 0.3 is 12.1 Å². The van der Waals surface area contributed by atoms with Gasteiger partial charge in [0, 0.05) is 0 Å². The average Bonchev–Trinajstić information content (AvgIpc) is 2.36. The first-order chi connectivity index (χ1) is 9.16. The van der Waals surface area contributed by atoms with Gasteiger partial charge in [-0.1, -0.05) is 15.9 Å². The molecule has 20 heavy (non-hydrogen) atoms. The standard InChI is InChI=1S/C13H12BrF3O3/c1-3-20-12(19)9-4-8(11(14)7(2)18)5-10(6-9)13(15,16)17/h4-6,11H,3H2,1-2H3. The Hall–Kier alpha value is -1.37. The van der Waals surface area contributed by atoms with E-state index in [1.165, 1.54) is 13.0 Å². The van der Waals surface area contributed by atoms with E-state index in [1.54, 1.807) is 6.92 Å². The number of hydrogen-bond donors (Lipinski definition) is 0. The van der Waals surface area contributed by atoms with Crippen LogP contribution in [0, 0.1) is 0 Å². The molecule has 1 rings (SSSR count). The first-order valence-electron chi connectivity index (χ1n) is 5.70. The first-order valence-corrected chi connectivity index (χ1v) is 6.62. The molecule has 0 N–H and O–H groups in total. The average molecular weight is 353 g/mol. The summed E-state index contributed by atoms with van der Waals surface area (Å²) < 4.78 is 43.1. The highest BCUT2D eigenvalue weighted by atomic mass is 79.9. The van der Waals surface area contributed by atoms with Crippen molar-refractivity contribution >= 4 is 27.7 Å². The smallest absolute Gasteiger partial charge is 0.416 e. The van der Waals surface area contributed by atoms with Crippen LogP contribution in [0.25, 0.3) is 0 Å². The molecule has 0 aromatic heterocycles. The molecular weight excluding hydrogens is 341 g/mol. The van der Waals surface area contributed by atoms with E-state index < -0.39 is 22.5 Å². The maximum Gasteiger partial charge on any atom is 0.416 e. The molecule has 0 bridgehead atoms. The fourth-order valence-corrected chi connectivity index (χ4v) is 1.79. The Morgan fingerprint density at radius 2 is 1.90 bits per heavy atom. The molecule has 1 aromatic carbocycles. The molecule has 0 aliphatic carbocycles. The molecule has 0 fully saturated rings. The lowest BCUT2D eigenvalue weighted by Crippen LogP contribution is -2.12.